The average Bonchev–Trinajstić information content (AvgIpc) is 2.88. The summed E-state index contributed by atoms with van der Waals surface area (Å²) in [4.78, 5) is 10.4. The van der Waals surface area contributed by atoms with Gasteiger partial charge in [-0.2, -0.15) is 0 Å². The summed E-state index contributed by atoms with van der Waals surface area (Å²) >= 11 is 7.67. The molecule has 0 aliphatic carbocycles. The Morgan fingerprint density at radius 3 is 2.20 bits per heavy atom. The number of piperazine rings is 1. The number of pyridine rings is 1. The fraction of sp³-hybridized carbons (Fsp3) is 0.400. The predicted molar refractivity (Wildman–Crippen MR) is 84.1 cm³/mol. The van der Waals surface area contributed by atoms with Gasteiger partial charge in [0.05, 0.1) is 4.34 Å². The third-order valence-corrected chi connectivity index (χ3v) is 4.84. The summed E-state index contributed by atoms with van der Waals surface area (Å²) < 4.78 is 0.885. The normalized spacial score (nSPS) is 17.4. The van der Waals surface area contributed by atoms with Gasteiger partial charge >= 0.3 is 0 Å². The SMILES string of the molecule is Clc1ccc(CN2CCN(Cc3ccncc3)CC2)s1. The lowest BCUT2D eigenvalue weighted by Gasteiger charge is -2.34. The molecule has 3 heterocycles. The van der Waals surface area contributed by atoms with Gasteiger partial charge < -0.3 is 0 Å². The second kappa shape index (κ2) is 6.68. The molecule has 0 atom stereocenters. The summed E-state index contributed by atoms with van der Waals surface area (Å²) in [5.74, 6) is 0. The van der Waals surface area contributed by atoms with Crippen LogP contribution in [-0.4, -0.2) is 41.0 Å². The molecule has 0 radical (unpaired) electrons. The third-order valence-electron chi connectivity index (χ3n) is 3.63. The van der Waals surface area contributed by atoms with Gasteiger partial charge in [-0.1, -0.05) is 11.6 Å². The highest BCUT2D eigenvalue weighted by Gasteiger charge is 2.17. The van der Waals surface area contributed by atoms with Crippen molar-refractivity contribution >= 4 is 22.9 Å². The van der Waals surface area contributed by atoms with Gasteiger partial charge in [0.15, 0.2) is 0 Å². The first-order chi connectivity index (χ1) is 9.79. The van der Waals surface area contributed by atoms with Crippen molar-refractivity contribution in [3.8, 4) is 0 Å². The van der Waals surface area contributed by atoms with Crippen LogP contribution in [0.4, 0.5) is 0 Å². The molecule has 0 N–H and O–H groups in total. The van der Waals surface area contributed by atoms with Crippen molar-refractivity contribution in [3.63, 3.8) is 0 Å². The molecule has 1 saturated heterocycles. The van der Waals surface area contributed by atoms with E-state index in [1.807, 2.05) is 18.5 Å². The van der Waals surface area contributed by atoms with Crippen molar-refractivity contribution in [2.24, 2.45) is 0 Å². The number of nitrogens with zero attached hydrogens (tertiary/aromatic N) is 3. The quantitative estimate of drug-likeness (QED) is 0.865. The number of hydrogen-bond acceptors (Lipinski definition) is 4. The Balaban J connectivity index is 1.47. The van der Waals surface area contributed by atoms with Gasteiger partial charge in [-0.25, -0.2) is 0 Å². The minimum absolute atomic E-state index is 0.885. The van der Waals surface area contributed by atoms with Crippen LogP contribution in [0, 0.1) is 0 Å². The second-order valence-corrected chi connectivity index (χ2v) is 6.91. The first kappa shape index (κ1) is 14.0. The van der Waals surface area contributed by atoms with Gasteiger partial charge in [-0.15, -0.1) is 11.3 Å². The molecule has 0 amide bonds. The van der Waals surface area contributed by atoms with E-state index < -0.39 is 0 Å². The smallest absolute Gasteiger partial charge is 0.0931 e. The largest absolute Gasteiger partial charge is 0.297 e. The van der Waals surface area contributed by atoms with E-state index in [0.29, 0.717) is 0 Å². The van der Waals surface area contributed by atoms with Crippen LogP contribution in [0.1, 0.15) is 10.4 Å². The van der Waals surface area contributed by atoms with Crippen molar-refractivity contribution in [1.82, 2.24) is 14.8 Å². The van der Waals surface area contributed by atoms with Crippen molar-refractivity contribution in [2.75, 3.05) is 26.2 Å². The molecule has 0 bridgehead atoms. The number of aromatic nitrogens is 1. The first-order valence-corrected chi connectivity index (χ1v) is 8.07. The lowest BCUT2D eigenvalue weighted by molar-refractivity contribution is 0.123. The molecule has 20 heavy (non-hydrogen) atoms. The molecular weight excluding hydrogens is 290 g/mol. The summed E-state index contributed by atoms with van der Waals surface area (Å²) in [5.41, 5.74) is 1.35. The summed E-state index contributed by atoms with van der Waals surface area (Å²) in [6.45, 7) is 6.56. The molecule has 3 nitrogen and oxygen atoms in total. The minimum Gasteiger partial charge on any atom is -0.297 e. The Kier molecular flexibility index (Phi) is 4.68. The Morgan fingerprint density at radius 1 is 0.950 bits per heavy atom. The van der Waals surface area contributed by atoms with Gasteiger partial charge in [0.1, 0.15) is 0 Å². The molecule has 2 aromatic heterocycles. The fourth-order valence-corrected chi connectivity index (χ4v) is 3.64. The van der Waals surface area contributed by atoms with E-state index in [-0.39, 0.29) is 0 Å². The van der Waals surface area contributed by atoms with Crippen molar-refractivity contribution in [2.45, 2.75) is 13.1 Å². The number of rotatable bonds is 4. The average molecular weight is 308 g/mol. The van der Waals surface area contributed by atoms with Crippen LogP contribution in [0.15, 0.2) is 36.7 Å². The van der Waals surface area contributed by atoms with Crippen molar-refractivity contribution in [1.29, 1.82) is 0 Å². The maximum atomic E-state index is 5.98. The Morgan fingerprint density at radius 2 is 1.60 bits per heavy atom. The van der Waals surface area contributed by atoms with E-state index in [4.69, 9.17) is 11.6 Å². The van der Waals surface area contributed by atoms with Crippen LogP contribution >= 0.6 is 22.9 Å². The molecule has 0 spiro atoms. The zero-order valence-electron chi connectivity index (χ0n) is 11.3. The summed E-state index contributed by atoms with van der Waals surface area (Å²) in [7, 11) is 0. The second-order valence-electron chi connectivity index (χ2n) is 5.11. The van der Waals surface area contributed by atoms with Crippen LogP contribution in [0.5, 0.6) is 0 Å². The lowest BCUT2D eigenvalue weighted by atomic mass is 10.2. The van der Waals surface area contributed by atoms with Crippen LogP contribution in [0.3, 0.4) is 0 Å². The number of hydrogen-bond donors (Lipinski definition) is 0. The number of thiophene rings is 1. The number of halogens is 1. The Bertz CT molecular complexity index is 535. The zero-order chi connectivity index (χ0) is 13.8. The molecule has 1 aliphatic rings. The molecule has 2 aromatic rings. The van der Waals surface area contributed by atoms with Crippen LogP contribution < -0.4 is 0 Å². The summed E-state index contributed by atoms with van der Waals surface area (Å²) in [5, 5.41) is 0. The maximum Gasteiger partial charge on any atom is 0.0931 e. The monoisotopic (exact) mass is 307 g/mol. The van der Waals surface area contributed by atoms with E-state index >= 15 is 0 Å². The van der Waals surface area contributed by atoms with E-state index in [9.17, 15) is 0 Å². The van der Waals surface area contributed by atoms with Gasteiger partial charge in [-0.3, -0.25) is 14.8 Å². The molecule has 3 rings (SSSR count). The summed E-state index contributed by atoms with van der Waals surface area (Å²) in [6.07, 6.45) is 3.73. The van der Waals surface area contributed by atoms with Gasteiger partial charge in [0.25, 0.3) is 0 Å². The molecule has 5 heteroatoms. The van der Waals surface area contributed by atoms with Crippen LogP contribution in [-0.2, 0) is 13.1 Å². The van der Waals surface area contributed by atoms with Crippen LogP contribution in [0.25, 0.3) is 0 Å². The highest BCUT2D eigenvalue weighted by Crippen LogP contribution is 2.23. The standard InChI is InChI=1S/C15H18ClN3S/c16-15-2-1-14(20-15)12-19-9-7-18(8-10-19)11-13-3-5-17-6-4-13/h1-6H,7-12H2. The highest BCUT2D eigenvalue weighted by molar-refractivity contribution is 7.16. The summed E-state index contributed by atoms with van der Waals surface area (Å²) in [6, 6.07) is 8.32. The van der Waals surface area contributed by atoms with E-state index in [1.165, 1.54) is 10.4 Å². The zero-order valence-corrected chi connectivity index (χ0v) is 12.9. The van der Waals surface area contributed by atoms with Gasteiger partial charge in [0, 0.05) is 56.5 Å². The molecule has 106 valence electrons. The topological polar surface area (TPSA) is 19.4 Å². The minimum atomic E-state index is 0.885. The molecule has 1 aliphatic heterocycles. The van der Waals surface area contributed by atoms with Gasteiger partial charge in [-0.05, 0) is 29.8 Å². The van der Waals surface area contributed by atoms with Crippen molar-refractivity contribution < 1.29 is 0 Å². The maximum absolute atomic E-state index is 5.98. The fourth-order valence-electron chi connectivity index (χ4n) is 2.51. The van der Waals surface area contributed by atoms with Crippen LogP contribution in [0.2, 0.25) is 4.34 Å². The molecule has 0 unspecified atom stereocenters. The molecule has 0 saturated carbocycles. The highest BCUT2D eigenvalue weighted by atomic mass is 35.5. The Labute approximate surface area is 128 Å². The van der Waals surface area contributed by atoms with E-state index in [1.54, 1.807) is 11.3 Å². The predicted octanol–water partition coefficient (Wildman–Crippen LogP) is 3.11. The lowest BCUT2D eigenvalue weighted by Crippen LogP contribution is -2.45. The van der Waals surface area contributed by atoms with Gasteiger partial charge in [0.2, 0.25) is 0 Å². The molecular formula is C15H18ClN3S. The first-order valence-electron chi connectivity index (χ1n) is 6.87. The van der Waals surface area contributed by atoms with E-state index in [2.05, 4.69) is 33.0 Å². The third kappa shape index (κ3) is 3.79. The van der Waals surface area contributed by atoms with E-state index in [0.717, 1.165) is 43.6 Å². The van der Waals surface area contributed by atoms with Crippen molar-refractivity contribution in [3.05, 3.63) is 51.4 Å². The molecule has 0 aromatic carbocycles. The molecule has 1 fully saturated rings. The Hall–Kier alpha value is -0.940.